The van der Waals surface area contributed by atoms with Gasteiger partial charge in [-0.2, -0.15) is 0 Å². The molecule has 0 fully saturated rings. The van der Waals surface area contributed by atoms with Crippen molar-refractivity contribution in [2.24, 2.45) is 0 Å². The fourth-order valence-electron chi connectivity index (χ4n) is 4.55. The number of ether oxygens (including phenoxy) is 1. The van der Waals surface area contributed by atoms with Gasteiger partial charge in [-0.05, 0) is 43.5 Å². The van der Waals surface area contributed by atoms with Gasteiger partial charge in [-0.25, -0.2) is 4.68 Å². The van der Waals surface area contributed by atoms with Gasteiger partial charge in [-0.1, -0.05) is 48.5 Å². The molecule has 0 aliphatic carbocycles. The standard InChI is InChI=1S/C30H37N7O6/c1-4-23-29(41)34-26(19(3)38)30(42)33-24(14-20-8-6-5-7-9-20)28(40)31-16-22-17-37(36-35-22)12-13-43-25-15-21(27(39)32-23)11-10-18(25)2/h5-11,15,17,19,23-24,26,38H,4,12-14,16H2,1-3H3,(H,31,40)(H,32,39)(H,33,42)(H,34,41)/t19-,23+,24-,26+/m1/s1. The quantitative estimate of drug-likeness (QED) is 0.290. The van der Waals surface area contributed by atoms with E-state index in [-0.39, 0.29) is 26.0 Å². The van der Waals surface area contributed by atoms with Crippen LogP contribution in [0.2, 0.25) is 0 Å². The summed E-state index contributed by atoms with van der Waals surface area (Å²) in [6.45, 7) is 5.58. The molecule has 4 rings (SSSR count). The maximum absolute atomic E-state index is 13.4. The first-order chi connectivity index (χ1) is 20.6. The highest BCUT2D eigenvalue weighted by atomic mass is 16.5. The van der Waals surface area contributed by atoms with Gasteiger partial charge in [-0.15, -0.1) is 5.10 Å². The van der Waals surface area contributed by atoms with Crippen LogP contribution in [0.1, 0.15) is 47.4 Å². The van der Waals surface area contributed by atoms with Crippen molar-refractivity contribution in [1.82, 2.24) is 36.3 Å². The van der Waals surface area contributed by atoms with Gasteiger partial charge in [0.15, 0.2) is 0 Å². The van der Waals surface area contributed by atoms with Gasteiger partial charge in [0.1, 0.15) is 36.2 Å². The third kappa shape index (κ3) is 8.38. The van der Waals surface area contributed by atoms with Crippen LogP contribution in [0.15, 0.2) is 54.7 Å². The molecule has 43 heavy (non-hydrogen) atoms. The molecule has 13 nitrogen and oxygen atoms in total. The number of fused-ring (bicyclic) bond motifs is 4. The fraction of sp³-hybridized carbons (Fsp3) is 0.400. The highest BCUT2D eigenvalue weighted by Crippen LogP contribution is 2.20. The van der Waals surface area contributed by atoms with E-state index in [9.17, 15) is 24.3 Å². The van der Waals surface area contributed by atoms with Gasteiger partial charge >= 0.3 is 0 Å². The summed E-state index contributed by atoms with van der Waals surface area (Å²) in [5.74, 6) is -1.89. The number of carbonyl (C=O) groups is 4. The molecule has 1 aliphatic rings. The van der Waals surface area contributed by atoms with Crippen LogP contribution in [0.5, 0.6) is 5.75 Å². The summed E-state index contributed by atoms with van der Waals surface area (Å²) < 4.78 is 7.49. The molecule has 0 unspecified atom stereocenters. The molecule has 0 saturated carbocycles. The molecule has 228 valence electrons. The van der Waals surface area contributed by atoms with Crippen LogP contribution in [0, 0.1) is 6.92 Å². The molecule has 1 aromatic heterocycles. The molecule has 4 atom stereocenters. The van der Waals surface area contributed by atoms with E-state index in [2.05, 4.69) is 31.6 Å². The van der Waals surface area contributed by atoms with Gasteiger partial charge in [0.2, 0.25) is 17.7 Å². The first-order valence-electron chi connectivity index (χ1n) is 14.2. The molecule has 2 aromatic carbocycles. The van der Waals surface area contributed by atoms with Crippen LogP contribution < -0.4 is 26.0 Å². The number of aliphatic hydroxyl groups excluding tert-OH is 1. The number of hydrogen-bond donors (Lipinski definition) is 5. The second kappa shape index (κ2) is 14.4. The molecule has 2 heterocycles. The Morgan fingerprint density at radius 3 is 2.49 bits per heavy atom. The van der Waals surface area contributed by atoms with E-state index < -0.39 is 47.9 Å². The average molecular weight is 592 g/mol. The molecule has 4 bridgehead atoms. The Hall–Kier alpha value is -4.78. The topological polar surface area (TPSA) is 177 Å². The zero-order chi connectivity index (χ0) is 30.9. The number of rotatable bonds is 4. The molecule has 5 N–H and O–H groups in total. The molecule has 0 saturated heterocycles. The van der Waals surface area contributed by atoms with E-state index >= 15 is 0 Å². The van der Waals surface area contributed by atoms with Crippen LogP contribution >= 0.6 is 0 Å². The van der Waals surface area contributed by atoms with E-state index in [1.807, 2.05) is 37.3 Å². The smallest absolute Gasteiger partial charge is 0.252 e. The molecule has 0 spiro atoms. The van der Waals surface area contributed by atoms with Crippen LogP contribution in [-0.4, -0.2) is 74.6 Å². The maximum Gasteiger partial charge on any atom is 0.252 e. The molecule has 13 heteroatoms. The van der Waals surface area contributed by atoms with Crippen molar-refractivity contribution in [3.8, 4) is 5.75 Å². The lowest BCUT2D eigenvalue weighted by Gasteiger charge is -2.26. The molecular formula is C30H37N7O6. The second-order valence-electron chi connectivity index (χ2n) is 10.4. The Morgan fingerprint density at radius 1 is 1.00 bits per heavy atom. The van der Waals surface area contributed by atoms with Crippen molar-refractivity contribution in [2.75, 3.05) is 6.61 Å². The Labute approximate surface area is 249 Å². The van der Waals surface area contributed by atoms with Gasteiger partial charge in [0.25, 0.3) is 5.91 Å². The molecule has 1 aliphatic heterocycles. The molecule has 3 aromatic rings. The van der Waals surface area contributed by atoms with Crippen molar-refractivity contribution in [2.45, 2.75) is 70.9 Å². The summed E-state index contributed by atoms with van der Waals surface area (Å²) in [7, 11) is 0. The Morgan fingerprint density at radius 2 is 1.77 bits per heavy atom. The molecule has 4 amide bonds. The van der Waals surface area contributed by atoms with E-state index in [4.69, 9.17) is 4.74 Å². The first kappa shape index (κ1) is 31.2. The number of hydrogen-bond acceptors (Lipinski definition) is 8. The van der Waals surface area contributed by atoms with Crippen molar-refractivity contribution in [3.05, 3.63) is 77.1 Å². The normalized spacial score (nSPS) is 21.3. The summed E-state index contributed by atoms with van der Waals surface area (Å²) in [6, 6.07) is 10.7. The van der Waals surface area contributed by atoms with Gasteiger partial charge in [0, 0.05) is 12.0 Å². The van der Waals surface area contributed by atoms with Crippen LogP contribution in [-0.2, 0) is 33.9 Å². The third-order valence-electron chi connectivity index (χ3n) is 7.07. The van der Waals surface area contributed by atoms with E-state index in [0.29, 0.717) is 23.6 Å². The van der Waals surface area contributed by atoms with Crippen molar-refractivity contribution >= 4 is 23.6 Å². The highest BCUT2D eigenvalue weighted by Gasteiger charge is 2.32. The lowest BCUT2D eigenvalue weighted by molar-refractivity contribution is -0.134. The Bertz CT molecular complexity index is 1440. The Balaban J connectivity index is 1.63. The molecule has 0 radical (unpaired) electrons. The Kier molecular flexibility index (Phi) is 10.4. The van der Waals surface area contributed by atoms with Gasteiger partial charge < -0.3 is 31.1 Å². The number of amides is 4. The predicted molar refractivity (Wildman–Crippen MR) is 156 cm³/mol. The summed E-state index contributed by atoms with van der Waals surface area (Å²) in [5.41, 5.74) is 2.40. The van der Waals surface area contributed by atoms with E-state index in [0.717, 1.165) is 11.1 Å². The number of carbonyl (C=O) groups excluding carboxylic acids is 4. The summed E-state index contributed by atoms with van der Waals surface area (Å²) in [4.78, 5) is 53.0. The van der Waals surface area contributed by atoms with E-state index in [1.165, 1.54) is 6.92 Å². The summed E-state index contributed by atoms with van der Waals surface area (Å²) in [6.07, 6.45) is 0.761. The number of nitrogens with one attached hydrogen (secondary N) is 4. The summed E-state index contributed by atoms with van der Waals surface area (Å²) in [5, 5.41) is 29.3. The number of aliphatic hydroxyl groups is 1. The monoisotopic (exact) mass is 591 g/mol. The number of aromatic nitrogens is 3. The third-order valence-corrected chi connectivity index (χ3v) is 7.07. The zero-order valence-corrected chi connectivity index (χ0v) is 24.4. The number of benzene rings is 2. The zero-order valence-electron chi connectivity index (χ0n) is 24.4. The number of nitrogens with zero attached hydrogens (tertiary/aromatic N) is 3. The minimum atomic E-state index is -1.39. The van der Waals surface area contributed by atoms with Gasteiger partial charge in [-0.3, -0.25) is 19.2 Å². The molecular weight excluding hydrogens is 554 g/mol. The van der Waals surface area contributed by atoms with Crippen LogP contribution in [0.25, 0.3) is 0 Å². The largest absolute Gasteiger partial charge is 0.491 e. The first-order valence-corrected chi connectivity index (χ1v) is 14.2. The van der Waals surface area contributed by atoms with E-state index in [1.54, 1.807) is 36.0 Å². The van der Waals surface area contributed by atoms with Gasteiger partial charge in [0.05, 0.1) is 25.4 Å². The van der Waals surface area contributed by atoms with Crippen molar-refractivity contribution in [3.63, 3.8) is 0 Å². The predicted octanol–water partition coefficient (Wildman–Crippen LogP) is 0.397. The van der Waals surface area contributed by atoms with Crippen LogP contribution in [0.4, 0.5) is 0 Å². The number of aryl methyl sites for hydroxylation is 1. The van der Waals surface area contributed by atoms with Crippen LogP contribution in [0.3, 0.4) is 0 Å². The lowest BCUT2D eigenvalue weighted by atomic mass is 10.0. The minimum absolute atomic E-state index is 0.0601. The van der Waals surface area contributed by atoms with Crippen molar-refractivity contribution < 1.29 is 29.0 Å². The lowest BCUT2D eigenvalue weighted by Crippen LogP contribution is -2.60. The highest BCUT2D eigenvalue weighted by molar-refractivity contribution is 5.99. The fourth-order valence-corrected chi connectivity index (χ4v) is 4.55. The second-order valence-corrected chi connectivity index (χ2v) is 10.4. The SMILES string of the molecule is CC[C@@H]1NC(=O)c2ccc(C)c(c2)OCCn2cc(nn2)CNC(=O)[C@@H](Cc2ccccc2)NC(=O)[C@H]([C@@H](C)O)NC1=O. The van der Waals surface area contributed by atoms with Crippen molar-refractivity contribution in [1.29, 1.82) is 0 Å². The summed E-state index contributed by atoms with van der Waals surface area (Å²) >= 11 is 0. The maximum atomic E-state index is 13.4. The minimum Gasteiger partial charge on any atom is -0.491 e. The average Bonchev–Trinajstić information content (AvgIpc) is 3.45.